The average molecular weight is 200 g/mol. The molecule has 0 aromatic heterocycles. The average Bonchev–Trinajstić information content (AvgIpc) is 2.61. The Morgan fingerprint density at radius 1 is 0.857 bits per heavy atom. The van der Waals surface area contributed by atoms with E-state index in [1.807, 2.05) is 27.7 Å². The first-order valence-corrected chi connectivity index (χ1v) is 6.58. The smallest absolute Gasteiger partial charge is 0.0380 e. The summed E-state index contributed by atoms with van der Waals surface area (Å²) in [5, 5.41) is 0. The third-order valence-electron chi connectivity index (χ3n) is 2.38. The van der Waals surface area contributed by atoms with Crippen LogP contribution in [0.2, 0.25) is 0 Å². The summed E-state index contributed by atoms with van der Waals surface area (Å²) in [5.41, 5.74) is 0.564. The van der Waals surface area contributed by atoms with Gasteiger partial charge in [-0.1, -0.05) is 74.1 Å². The summed E-state index contributed by atoms with van der Waals surface area (Å²) in [7, 11) is 0. The summed E-state index contributed by atoms with van der Waals surface area (Å²) in [6, 6.07) is 0. The second-order valence-electron chi connectivity index (χ2n) is 4.92. The van der Waals surface area contributed by atoms with E-state index >= 15 is 0 Å². The fraction of sp³-hybridized carbons (Fsp3) is 1.00. The molecule has 0 aromatic carbocycles. The van der Waals surface area contributed by atoms with E-state index < -0.39 is 0 Å². The highest BCUT2D eigenvalue weighted by Crippen LogP contribution is 2.34. The molecule has 1 rings (SSSR count). The molecule has 0 saturated heterocycles. The third-order valence-corrected chi connectivity index (χ3v) is 2.38. The van der Waals surface area contributed by atoms with E-state index in [-0.39, 0.29) is 0 Å². The molecule has 0 aromatic rings. The molecule has 0 bridgehead atoms. The zero-order valence-electron chi connectivity index (χ0n) is 11.6. The van der Waals surface area contributed by atoms with E-state index in [1.165, 1.54) is 32.1 Å². The lowest BCUT2D eigenvalue weighted by molar-refractivity contribution is 0.297. The van der Waals surface area contributed by atoms with Crippen molar-refractivity contribution < 1.29 is 0 Å². The summed E-state index contributed by atoms with van der Waals surface area (Å²) < 4.78 is 0. The van der Waals surface area contributed by atoms with E-state index in [1.54, 1.807) is 0 Å². The van der Waals surface area contributed by atoms with Gasteiger partial charge in [0, 0.05) is 0 Å². The summed E-state index contributed by atoms with van der Waals surface area (Å²) in [6.07, 6.45) is 7.41. The quantitative estimate of drug-likeness (QED) is 0.512. The highest BCUT2D eigenvalue weighted by Gasteiger charge is 2.21. The number of hydrogen-bond acceptors (Lipinski definition) is 0. The first-order chi connectivity index (χ1) is 6.58. The number of hydrogen-bond donors (Lipinski definition) is 0. The van der Waals surface area contributed by atoms with E-state index in [2.05, 4.69) is 20.8 Å². The Balaban J connectivity index is 0. The Hall–Kier alpha value is 0. The molecule has 1 saturated carbocycles. The van der Waals surface area contributed by atoms with Crippen LogP contribution < -0.4 is 0 Å². The zero-order valence-corrected chi connectivity index (χ0v) is 11.6. The first kappa shape index (κ1) is 16.4. The molecule has 0 aliphatic heterocycles. The minimum absolute atomic E-state index is 0.564. The van der Waals surface area contributed by atoms with Crippen molar-refractivity contribution >= 4 is 0 Å². The van der Waals surface area contributed by atoms with Crippen LogP contribution in [0.3, 0.4) is 0 Å². The lowest BCUT2D eigenvalue weighted by Crippen LogP contribution is -2.10. The van der Waals surface area contributed by atoms with Gasteiger partial charge in [-0.3, -0.25) is 0 Å². The van der Waals surface area contributed by atoms with Crippen LogP contribution in [0.25, 0.3) is 0 Å². The SMILES string of the molecule is CC.CC.CC(C)(C)CC1CCCC1. The Kier molecular flexibility index (Phi) is 11.2. The van der Waals surface area contributed by atoms with Crippen LogP contribution in [0.1, 0.15) is 80.6 Å². The fourth-order valence-corrected chi connectivity index (χ4v) is 2.08. The van der Waals surface area contributed by atoms with Gasteiger partial charge in [0.25, 0.3) is 0 Å². The van der Waals surface area contributed by atoms with Crippen LogP contribution in [-0.4, -0.2) is 0 Å². The molecular weight excluding hydrogens is 168 g/mol. The van der Waals surface area contributed by atoms with Gasteiger partial charge >= 0.3 is 0 Å². The summed E-state index contributed by atoms with van der Waals surface area (Å²) in [5.74, 6) is 1.06. The van der Waals surface area contributed by atoms with Crippen molar-refractivity contribution in [2.45, 2.75) is 80.6 Å². The molecule has 1 aliphatic carbocycles. The van der Waals surface area contributed by atoms with Crippen molar-refractivity contribution in [3.8, 4) is 0 Å². The second-order valence-corrected chi connectivity index (χ2v) is 4.92. The van der Waals surface area contributed by atoms with E-state index in [4.69, 9.17) is 0 Å². The van der Waals surface area contributed by atoms with Gasteiger partial charge in [-0.25, -0.2) is 0 Å². The molecule has 1 fully saturated rings. The van der Waals surface area contributed by atoms with Crippen molar-refractivity contribution in [3.63, 3.8) is 0 Å². The normalized spacial score (nSPS) is 16.5. The maximum Gasteiger partial charge on any atom is -0.0380 e. The third kappa shape index (κ3) is 10.1. The van der Waals surface area contributed by atoms with Gasteiger partial charge < -0.3 is 0 Å². The van der Waals surface area contributed by atoms with Crippen molar-refractivity contribution in [2.75, 3.05) is 0 Å². The minimum atomic E-state index is 0.564. The highest BCUT2D eigenvalue weighted by molar-refractivity contribution is 4.73. The van der Waals surface area contributed by atoms with Gasteiger partial charge in [0.15, 0.2) is 0 Å². The molecule has 88 valence electrons. The lowest BCUT2D eigenvalue weighted by Gasteiger charge is -2.22. The van der Waals surface area contributed by atoms with E-state index in [9.17, 15) is 0 Å². The lowest BCUT2D eigenvalue weighted by atomic mass is 9.84. The van der Waals surface area contributed by atoms with Crippen LogP contribution in [0.5, 0.6) is 0 Å². The molecular formula is C14H32. The van der Waals surface area contributed by atoms with Gasteiger partial charge in [0.05, 0.1) is 0 Å². The van der Waals surface area contributed by atoms with Crippen molar-refractivity contribution in [3.05, 3.63) is 0 Å². The maximum absolute atomic E-state index is 2.35. The van der Waals surface area contributed by atoms with Crippen LogP contribution in [0.15, 0.2) is 0 Å². The van der Waals surface area contributed by atoms with Crippen LogP contribution >= 0.6 is 0 Å². The second kappa shape index (κ2) is 9.55. The van der Waals surface area contributed by atoms with Gasteiger partial charge in [-0.2, -0.15) is 0 Å². The van der Waals surface area contributed by atoms with Crippen LogP contribution in [-0.2, 0) is 0 Å². The Bertz CT molecular complexity index is 91.1. The molecule has 0 heterocycles. The van der Waals surface area contributed by atoms with Crippen LogP contribution in [0, 0.1) is 11.3 Å². The molecule has 0 atom stereocenters. The molecule has 14 heavy (non-hydrogen) atoms. The maximum atomic E-state index is 2.35. The van der Waals surface area contributed by atoms with Gasteiger partial charge in [-0.05, 0) is 17.8 Å². The monoisotopic (exact) mass is 200 g/mol. The summed E-state index contributed by atoms with van der Waals surface area (Å²) >= 11 is 0. The summed E-state index contributed by atoms with van der Waals surface area (Å²) in [6.45, 7) is 15.1. The van der Waals surface area contributed by atoms with E-state index in [0.717, 1.165) is 5.92 Å². The molecule has 0 unspecified atom stereocenters. The molecule has 1 aliphatic rings. The van der Waals surface area contributed by atoms with Crippen molar-refractivity contribution in [1.29, 1.82) is 0 Å². The molecule has 0 spiro atoms. The predicted octanol–water partition coefficient (Wildman–Crippen LogP) is 5.67. The fourth-order valence-electron chi connectivity index (χ4n) is 2.08. The van der Waals surface area contributed by atoms with Crippen LogP contribution in [0.4, 0.5) is 0 Å². The predicted molar refractivity (Wildman–Crippen MR) is 68.7 cm³/mol. The molecule has 0 amide bonds. The van der Waals surface area contributed by atoms with Crippen molar-refractivity contribution in [2.24, 2.45) is 11.3 Å². The van der Waals surface area contributed by atoms with Gasteiger partial charge in [0.2, 0.25) is 0 Å². The first-order valence-electron chi connectivity index (χ1n) is 6.58. The molecule has 0 N–H and O–H groups in total. The standard InChI is InChI=1S/C10H20.2C2H6/c1-10(2,3)8-9-6-4-5-7-9;2*1-2/h9H,4-8H2,1-3H3;2*1-2H3. The largest absolute Gasteiger partial charge is 0.0683 e. The molecule has 0 nitrogen and oxygen atoms in total. The zero-order chi connectivity index (χ0) is 11.6. The number of rotatable bonds is 1. The molecule has 0 radical (unpaired) electrons. The van der Waals surface area contributed by atoms with Gasteiger partial charge in [0.1, 0.15) is 0 Å². The Morgan fingerprint density at radius 3 is 1.50 bits per heavy atom. The minimum Gasteiger partial charge on any atom is -0.0683 e. The van der Waals surface area contributed by atoms with Crippen molar-refractivity contribution in [1.82, 2.24) is 0 Å². The van der Waals surface area contributed by atoms with E-state index in [0.29, 0.717) is 5.41 Å². The summed E-state index contributed by atoms with van der Waals surface area (Å²) in [4.78, 5) is 0. The highest BCUT2D eigenvalue weighted by atomic mass is 14.3. The van der Waals surface area contributed by atoms with Gasteiger partial charge in [-0.15, -0.1) is 0 Å². The Labute approximate surface area is 92.5 Å². The Morgan fingerprint density at radius 2 is 1.21 bits per heavy atom. The molecule has 0 heteroatoms. The topological polar surface area (TPSA) is 0 Å².